The summed E-state index contributed by atoms with van der Waals surface area (Å²) >= 11 is 0. The minimum absolute atomic E-state index is 0. The van der Waals surface area contributed by atoms with Crippen molar-refractivity contribution in [2.24, 2.45) is 0 Å². The maximum Gasteiger partial charge on any atom is 0.0644 e. The fourth-order valence-corrected chi connectivity index (χ4v) is 3.12. The summed E-state index contributed by atoms with van der Waals surface area (Å²) in [6.45, 7) is 7.51. The van der Waals surface area contributed by atoms with E-state index in [2.05, 4.69) is 62.0 Å². The molecule has 2 aromatic carbocycles. The molecule has 0 aliphatic heterocycles. The van der Waals surface area contributed by atoms with Crippen LogP contribution in [0.3, 0.4) is 0 Å². The minimum atomic E-state index is 0. The number of unbranched alkanes of at least 4 members (excludes halogenated alkanes) is 9. The summed E-state index contributed by atoms with van der Waals surface area (Å²) in [6, 6.07) is 20.8. The lowest BCUT2D eigenvalue weighted by atomic mass is 10.1. The third kappa shape index (κ3) is 15.7. The van der Waals surface area contributed by atoms with Crippen molar-refractivity contribution in [1.82, 2.24) is 6.15 Å². The van der Waals surface area contributed by atoms with Crippen molar-refractivity contribution >= 4 is 0 Å². The van der Waals surface area contributed by atoms with Crippen LogP contribution in [-0.4, -0.2) is 13.2 Å². The maximum absolute atomic E-state index is 5.34. The molecule has 0 amide bonds. The van der Waals surface area contributed by atoms with Crippen molar-refractivity contribution in [2.45, 2.75) is 71.1 Å². The normalized spacial score (nSPS) is 9.83. The van der Waals surface area contributed by atoms with Gasteiger partial charge in [0.25, 0.3) is 0 Å². The predicted molar refractivity (Wildman–Crippen MR) is 130 cm³/mol. The molecule has 3 N–H and O–H groups in total. The molecule has 0 unspecified atom stereocenters. The molecule has 2 heteroatoms. The fourth-order valence-electron chi connectivity index (χ4n) is 3.12. The Hall–Kier alpha value is -1.90. The third-order valence-corrected chi connectivity index (χ3v) is 4.76. The molecule has 2 aromatic rings. The van der Waals surface area contributed by atoms with Crippen molar-refractivity contribution in [3.63, 3.8) is 0 Å². The number of hydrogen-bond acceptors (Lipinski definition) is 2. The first-order valence-corrected chi connectivity index (χ1v) is 11.2. The summed E-state index contributed by atoms with van der Waals surface area (Å²) in [5.41, 5.74) is 2.55. The molecule has 0 heterocycles. The second kappa shape index (κ2) is 20.8. The summed E-state index contributed by atoms with van der Waals surface area (Å²) in [4.78, 5) is 0. The second-order valence-electron chi connectivity index (χ2n) is 7.28. The van der Waals surface area contributed by atoms with Gasteiger partial charge in [-0.2, -0.15) is 0 Å². The Morgan fingerprint density at radius 1 is 0.655 bits per heavy atom. The predicted octanol–water partition coefficient (Wildman–Crippen LogP) is 8.63. The number of ether oxygens (including phenoxy) is 1. The zero-order chi connectivity index (χ0) is 20.1. The molecule has 0 spiro atoms. The molecular weight excluding hydrogens is 354 g/mol. The first kappa shape index (κ1) is 27.1. The molecule has 0 bridgehead atoms. The van der Waals surface area contributed by atoms with Gasteiger partial charge in [0.15, 0.2) is 0 Å². The molecule has 2 rings (SSSR count). The van der Waals surface area contributed by atoms with Crippen LogP contribution in [0, 0.1) is 0 Å². The summed E-state index contributed by atoms with van der Waals surface area (Å²) in [5.74, 6) is 0. The summed E-state index contributed by atoms with van der Waals surface area (Å²) in [6.07, 6.45) is 15.7. The fraction of sp³-hybridized carbons (Fsp3) is 0.481. The minimum Gasteiger partial charge on any atom is -0.377 e. The van der Waals surface area contributed by atoms with Crippen molar-refractivity contribution in [1.29, 1.82) is 0 Å². The number of benzene rings is 2. The van der Waals surface area contributed by atoms with Gasteiger partial charge in [0.2, 0.25) is 0 Å². The number of rotatable bonds is 14. The first-order valence-electron chi connectivity index (χ1n) is 11.2. The molecule has 0 aliphatic carbocycles. The van der Waals surface area contributed by atoms with Gasteiger partial charge in [-0.1, -0.05) is 131 Å². The Balaban J connectivity index is 0.000000537. The van der Waals surface area contributed by atoms with Crippen molar-refractivity contribution in [2.75, 3.05) is 13.2 Å². The van der Waals surface area contributed by atoms with Gasteiger partial charge < -0.3 is 10.9 Å². The zero-order valence-electron chi connectivity index (χ0n) is 18.7. The van der Waals surface area contributed by atoms with Crippen LogP contribution in [0.25, 0.3) is 11.1 Å². The van der Waals surface area contributed by atoms with E-state index in [4.69, 9.17) is 4.74 Å². The highest BCUT2D eigenvalue weighted by atomic mass is 16.5. The Kier molecular flexibility index (Phi) is 19.5. The quantitative estimate of drug-likeness (QED) is 0.256. The van der Waals surface area contributed by atoms with E-state index in [-0.39, 0.29) is 6.15 Å². The molecule has 0 aliphatic rings. The molecule has 2 nitrogen and oxygen atoms in total. The summed E-state index contributed by atoms with van der Waals surface area (Å²) < 4.78 is 5.34. The van der Waals surface area contributed by atoms with Crippen LogP contribution < -0.4 is 6.15 Å². The van der Waals surface area contributed by atoms with Crippen LogP contribution in [0.5, 0.6) is 0 Å². The van der Waals surface area contributed by atoms with E-state index >= 15 is 0 Å². The van der Waals surface area contributed by atoms with Crippen LogP contribution >= 0.6 is 0 Å². The molecule has 162 valence electrons. The average Bonchev–Trinajstić information content (AvgIpc) is 2.76. The van der Waals surface area contributed by atoms with Crippen LogP contribution in [0.2, 0.25) is 0 Å². The molecule has 0 atom stereocenters. The highest BCUT2D eigenvalue weighted by Gasteiger charge is 1.93. The summed E-state index contributed by atoms with van der Waals surface area (Å²) in [7, 11) is 0. The standard InChI is InChI=1S/C15H30O.C12H10.H3N/c1-3-5-6-7-8-9-10-11-12-13-15-16-14-4-2;1-3-7-11(8-4-1)12-9-5-2-6-10-12;/h4H,2-3,5-15H2,1H3;1-10H;1H3. The SMILES string of the molecule is C=CCOCCCCCCCCCCCC.N.c1ccc(-c2ccccc2)cc1. The highest BCUT2D eigenvalue weighted by Crippen LogP contribution is 2.17. The van der Waals surface area contributed by atoms with Gasteiger partial charge in [-0.05, 0) is 17.5 Å². The maximum atomic E-state index is 5.34. The van der Waals surface area contributed by atoms with Gasteiger partial charge in [-0.3, -0.25) is 0 Å². The molecule has 29 heavy (non-hydrogen) atoms. The van der Waals surface area contributed by atoms with Gasteiger partial charge in [-0.15, -0.1) is 6.58 Å². The second-order valence-corrected chi connectivity index (χ2v) is 7.28. The highest BCUT2D eigenvalue weighted by molar-refractivity contribution is 5.62. The lowest BCUT2D eigenvalue weighted by Crippen LogP contribution is -1.93. The Bertz CT molecular complexity index is 530. The molecule has 0 fully saturated rings. The Morgan fingerprint density at radius 3 is 1.48 bits per heavy atom. The van der Waals surface area contributed by atoms with E-state index < -0.39 is 0 Å². The van der Waals surface area contributed by atoms with Gasteiger partial charge in [-0.25, -0.2) is 0 Å². The molecule has 0 saturated carbocycles. The van der Waals surface area contributed by atoms with E-state index in [9.17, 15) is 0 Å². The van der Waals surface area contributed by atoms with Gasteiger partial charge in [0.05, 0.1) is 6.61 Å². The van der Waals surface area contributed by atoms with E-state index in [1.807, 2.05) is 18.2 Å². The van der Waals surface area contributed by atoms with E-state index in [0.29, 0.717) is 6.61 Å². The van der Waals surface area contributed by atoms with E-state index in [0.717, 1.165) is 6.61 Å². The van der Waals surface area contributed by atoms with E-state index in [1.54, 1.807) is 0 Å². The van der Waals surface area contributed by atoms with Crippen molar-refractivity contribution in [3.05, 3.63) is 73.3 Å². The molecule has 0 saturated heterocycles. The van der Waals surface area contributed by atoms with Crippen molar-refractivity contribution < 1.29 is 4.74 Å². The lowest BCUT2D eigenvalue weighted by Gasteiger charge is -2.02. The average molecular weight is 398 g/mol. The zero-order valence-corrected chi connectivity index (χ0v) is 18.7. The molecule has 0 aromatic heterocycles. The first-order chi connectivity index (χ1) is 13.9. The van der Waals surface area contributed by atoms with E-state index in [1.165, 1.54) is 75.3 Å². The Labute approximate surface area is 180 Å². The van der Waals surface area contributed by atoms with Crippen LogP contribution in [0.4, 0.5) is 0 Å². The molecule has 0 radical (unpaired) electrons. The largest absolute Gasteiger partial charge is 0.377 e. The topological polar surface area (TPSA) is 44.2 Å². The number of hydrogen-bond donors (Lipinski definition) is 1. The van der Waals surface area contributed by atoms with Crippen molar-refractivity contribution in [3.8, 4) is 11.1 Å². The summed E-state index contributed by atoms with van der Waals surface area (Å²) in [5, 5.41) is 0. The van der Waals surface area contributed by atoms with Crippen LogP contribution in [0.1, 0.15) is 71.1 Å². The van der Waals surface area contributed by atoms with Crippen LogP contribution in [-0.2, 0) is 4.74 Å². The smallest absolute Gasteiger partial charge is 0.0644 e. The Morgan fingerprint density at radius 2 is 1.07 bits per heavy atom. The lowest BCUT2D eigenvalue weighted by molar-refractivity contribution is 0.157. The van der Waals surface area contributed by atoms with Gasteiger partial charge in [0.1, 0.15) is 0 Å². The monoisotopic (exact) mass is 397 g/mol. The third-order valence-electron chi connectivity index (χ3n) is 4.76. The van der Waals surface area contributed by atoms with Crippen LogP contribution in [0.15, 0.2) is 73.3 Å². The molecular formula is C27H43NO. The van der Waals surface area contributed by atoms with Gasteiger partial charge in [0, 0.05) is 6.61 Å². The van der Waals surface area contributed by atoms with Gasteiger partial charge >= 0.3 is 0 Å².